The van der Waals surface area contributed by atoms with E-state index < -0.39 is 0 Å². The lowest BCUT2D eigenvalue weighted by Gasteiger charge is -1.92. The van der Waals surface area contributed by atoms with Crippen LogP contribution in [0.1, 0.15) is 31.0 Å². The molecule has 64 valence electrons. The fourth-order valence-electron chi connectivity index (χ4n) is 1.26. The summed E-state index contributed by atoms with van der Waals surface area (Å²) >= 11 is 0. The predicted molar refractivity (Wildman–Crippen MR) is 48.7 cm³/mol. The monoisotopic (exact) mass is 162 g/mol. The van der Waals surface area contributed by atoms with Gasteiger partial charge in [-0.2, -0.15) is 5.26 Å². The van der Waals surface area contributed by atoms with Gasteiger partial charge in [0.2, 0.25) is 0 Å². The van der Waals surface area contributed by atoms with Gasteiger partial charge in [-0.05, 0) is 24.5 Å². The van der Waals surface area contributed by atoms with E-state index in [4.69, 9.17) is 5.26 Å². The van der Waals surface area contributed by atoms with Crippen LogP contribution in [-0.2, 0) is 13.5 Å². The van der Waals surface area contributed by atoms with Crippen LogP contribution in [0.3, 0.4) is 0 Å². The summed E-state index contributed by atoms with van der Waals surface area (Å²) in [6.07, 6.45) is 5.53. The largest absolute Gasteiger partial charge is 0.342 e. The molecular formula is C10H14N2. The molecule has 0 aliphatic heterocycles. The topological polar surface area (TPSA) is 28.7 Å². The molecule has 0 spiro atoms. The molecule has 0 saturated carbocycles. The second-order valence-electron chi connectivity index (χ2n) is 3.06. The first kappa shape index (κ1) is 8.86. The van der Waals surface area contributed by atoms with Crippen molar-refractivity contribution >= 4 is 0 Å². The molecule has 0 N–H and O–H groups in total. The summed E-state index contributed by atoms with van der Waals surface area (Å²) in [6.45, 7) is 2.17. The summed E-state index contributed by atoms with van der Waals surface area (Å²) in [4.78, 5) is 0. The number of rotatable bonds is 3. The number of aromatic nitrogens is 1. The quantitative estimate of drug-likeness (QED) is 0.670. The molecule has 0 aliphatic rings. The Hall–Kier alpha value is -1.23. The molecule has 0 aromatic carbocycles. The zero-order chi connectivity index (χ0) is 8.97. The molecule has 0 amide bonds. The maximum atomic E-state index is 8.69. The van der Waals surface area contributed by atoms with Crippen molar-refractivity contribution in [3.05, 3.63) is 23.5 Å². The normalized spacial score (nSPS) is 9.75. The Labute approximate surface area is 73.4 Å². The Morgan fingerprint density at radius 1 is 1.58 bits per heavy atom. The van der Waals surface area contributed by atoms with Crippen molar-refractivity contribution in [2.24, 2.45) is 7.05 Å². The van der Waals surface area contributed by atoms with Crippen molar-refractivity contribution in [3.63, 3.8) is 0 Å². The van der Waals surface area contributed by atoms with Crippen LogP contribution in [0.2, 0.25) is 0 Å². The average molecular weight is 162 g/mol. The molecule has 1 heterocycles. The number of aryl methyl sites for hydroxylation is 2. The number of unbranched alkanes of at least 4 members (excludes halogenated alkanes) is 1. The van der Waals surface area contributed by atoms with Gasteiger partial charge in [0.15, 0.2) is 0 Å². The fourth-order valence-corrected chi connectivity index (χ4v) is 1.26. The number of hydrogen-bond donors (Lipinski definition) is 0. The summed E-state index contributed by atoms with van der Waals surface area (Å²) in [5.41, 5.74) is 2.03. The summed E-state index contributed by atoms with van der Waals surface area (Å²) in [5, 5.41) is 8.69. The molecule has 0 atom stereocenters. The second-order valence-corrected chi connectivity index (χ2v) is 3.06. The maximum Gasteiger partial charge on any atom is 0.120 e. The molecule has 0 bridgehead atoms. The number of nitrogens with zero attached hydrogens (tertiary/aromatic N) is 2. The molecule has 1 aromatic heterocycles. The Bertz CT molecular complexity index is 291. The minimum absolute atomic E-state index is 0.751. The highest BCUT2D eigenvalue weighted by Gasteiger charge is 2.00. The van der Waals surface area contributed by atoms with Crippen LogP contribution >= 0.6 is 0 Å². The molecule has 0 fully saturated rings. The van der Waals surface area contributed by atoms with Crippen molar-refractivity contribution < 1.29 is 0 Å². The highest BCUT2D eigenvalue weighted by atomic mass is 14.9. The summed E-state index contributed by atoms with van der Waals surface area (Å²) in [5.74, 6) is 0. The van der Waals surface area contributed by atoms with Crippen LogP contribution < -0.4 is 0 Å². The van der Waals surface area contributed by atoms with Crippen LogP contribution in [0, 0.1) is 11.3 Å². The fraction of sp³-hybridized carbons (Fsp3) is 0.500. The smallest absolute Gasteiger partial charge is 0.120 e. The highest BCUT2D eigenvalue weighted by molar-refractivity contribution is 5.28. The zero-order valence-electron chi connectivity index (χ0n) is 7.67. The van der Waals surface area contributed by atoms with Crippen molar-refractivity contribution in [2.45, 2.75) is 26.2 Å². The summed E-state index contributed by atoms with van der Waals surface area (Å²) in [7, 11) is 1.91. The van der Waals surface area contributed by atoms with Gasteiger partial charge in [0, 0.05) is 13.2 Å². The Morgan fingerprint density at radius 2 is 2.33 bits per heavy atom. The van der Waals surface area contributed by atoms with Crippen LogP contribution in [0.4, 0.5) is 0 Å². The van der Waals surface area contributed by atoms with Crippen LogP contribution in [0.5, 0.6) is 0 Å². The predicted octanol–water partition coefficient (Wildman–Crippen LogP) is 2.24. The van der Waals surface area contributed by atoms with Gasteiger partial charge >= 0.3 is 0 Å². The van der Waals surface area contributed by atoms with E-state index in [0.717, 1.165) is 12.1 Å². The van der Waals surface area contributed by atoms with Gasteiger partial charge in [-0.3, -0.25) is 0 Å². The first-order valence-electron chi connectivity index (χ1n) is 4.33. The zero-order valence-corrected chi connectivity index (χ0v) is 7.67. The van der Waals surface area contributed by atoms with Crippen molar-refractivity contribution in [3.8, 4) is 6.07 Å². The molecule has 0 radical (unpaired) electrons. The maximum absolute atomic E-state index is 8.69. The standard InChI is InChI=1S/C10H14N2/c1-3-4-5-9-6-10(7-11)12(2)8-9/h6,8H,3-5H2,1-2H3. The van der Waals surface area contributed by atoms with E-state index in [1.807, 2.05) is 23.9 Å². The van der Waals surface area contributed by atoms with Crippen LogP contribution in [0.25, 0.3) is 0 Å². The van der Waals surface area contributed by atoms with E-state index in [2.05, 4.69) is 13.0 Å². The first-order valence-corrected chi connectivity index (χ1v) is 4.33. The number of nitriles is 1. The average Bonchev–Trinajstić information content (AvgIpc) is 2.43. The van der Waals surface area contributed by atoms with E-state index in [9.17, 15) is 0 Å². The lowest BCUT2D eigenvalue weighted by Crippen LogP contribution is -1.87. The van der Waals surface area contributed by atoms with Crippen molar-refractivity contribution in [2.75, 3.05) is 0 Å². The molecular weight excluding hydrogens is 148 g/mol. The van der Waals surface area contributed by atoms with E-state index in [0.29, 0.717) is 0 Å². The third-order valence-electron chi connectivity index (χ3n) is 2.00. The van der Waals surface area contributed by atoms with E-state index in [-0.39, 0.29) is 0 Å². The van der Waals surface area contributed by atoms with Gasteiger partial charge in [0.1, 0.15) is 11.8 Å². The SMILES string of the molecule is CCCCc1cc(C#N)n(C)c1. The number of hydrogen-bond acceptors (Lipinski definition) is 1. The lowest BCUT2D eigenvalue weighted by molar-refractivity contribution is 0.791. The van der Waals surface area contributed by atoms with Gasteiger partial charge < -0.3 is 4.57 Å². The summed E-state index contributed by atoms with van der Waals surface area (Å²) < 4.78 is 1.88. The van der Waals surface area contributed by atoms with Gasteiger partial charge in [0.05, 0.1) is 0 Å². The highest BCUT2D eigenvalue weighted by Crippen LogP contribution is 2.09. The van der Waals surface area contributed by atoms with Gasteiger partial charge in [-0.15, -0.1) is 0 Å². The molecule has 0 unspecified atom stereocenters. The second kappa shape index (κ2) is 3.96. The van der Waals surface area contributed by atoms with Gasteiger partial charge in [-0.1, -0.05) is 13.3 Å². The first-order chi connectivity index (χ1) is 5.77. The van der Waals surface area contributed by atoms with Crippen molar-refractivity contribution in [1.82, 2.24) is 4.57 Å². The molecule has 0 saturated heterocycles. The third-order valence-corrected chi connectivity index (χ3v) is 2.00. The van der Waals surface area contributed by atoms with Gasteiger partial charge in [-0.25, -0.2) is 0 Å². The van der Waals surface area contributed by atoms with Crippen LogP contribution in [0.15, 0.2) is 12.3 Å². The third kappa shape index (κ3) is 1.88. The van der Waals surface area contributed by atoms with Crippen molar-refractivity contribution in [1.29, 1.82) is 5.26 Å². The Kier molecular flexibility index (Phi) is 2.93. The molecule has 1 rings (SSSR count). The minimum atomic E-state index is 0.751. The minimum Gasteiger partial charge on any atom is -0.342 e. The lowest BCUT2D eigenvalue weighted by atomic mass is 10.1. The van der Waals surface area contributed by atoms with E-state index in [1.54, 1.807) is 0 Å². The van der Waals surface area contributed by atoms with E-state index in [1.165, 1.54) is 18.4 Å². The molecule has 0 aliphatic carbocycles. The Balaban J connectivity index is 2.70. The molecule has 12 heavy (non-hydrogen) atoms. The molecule has 2 heteroatoms. The van der Waals surface area contributed by atoms with E-state index >= 15 is 0 Å². The Morgan fingerprint density at radius 3 is 2.83 bits per heavy atom. The van der Waals surface area contributed by atoms with Crippen LogP contribution in [-0.4, -0.2) is 4.57 Å². The molecule has 1 aromatic rings. The molecule has 2 nitrogen and oxygen atoms in total. The summed E-state index contributed by atoms with van der Waals surface area (Å²) in [6, 6.07) is 4.12. The van der Waals surface area contributed by atoms with Gasteiger partial charge in [0.25, 0.3) is 0 Å².